The van der Waals surface area contributed by atoms with Crippen LogP contribution in [-0.4, -0.2) is 46.2 Å². The van der Waals surface area contributed by atoms with Crippen LogP contribution in [0.4, 0.5) is 0 Å². The van der Waals surface area contributed by atoms with E-state index in [0.717, 1.165) is 67.8 Å². The number of nitroso groups, excluding NO2 is 1. The second-order valence-electron chi connectivity index (χ2n) is 14.0. The number of aliphatic carboxylic acids is 1. The van der Waals surface area contributed by atoms with E-state index in [2.05, 4.69) is 38.2 Å². The molecular weight excluding hydrogens is 614 g/mol. The van der Waals surface area contributed by atoms with E-state index in [1.165, 1.54) is 122 Å². The summed E-state index contributed by atoms with van der Waals surface area (Å²) in [4.78, 5) is 42.4. The maximum absolute atomic E-state index is 12.9. The van der Waals surface area contributed by atoms with Gasteiger partial charge in [-0.1, -0.05) is 147 Å². The Bertz CT molecular complexity index is 832. The van der Waals surface area contributed by atoms with E-state index in [1.54, 1.807) is 0 Å². The fraction of sp³-hybridized carbons (Fsp3) is 0.854. The zero-order valence-corrected chi connectivity index (χ0v) is 32.1. The topological polar surface area (TPSA) is 113 Å². The number of hydrazine groups is 1. The van der Waals surface area contributed by atoms with Gasteiger partial charge in [0.25, 0.3) is 0 Å². The average Bonchev–Trinajstić information content (AvgIpc) is 3.09. The van der Waals surface area contributed by atoms with Crippen molar-refractivity contribution < 1.29 is 24.4 Å². The number of rotatable bonds is 38. The Hall–Kier alpha value is -2.22. The van der Waals surface area contributed by atoms with Gasteiger partial charge in [-0.3, -0.25) is 9.63 Å². The second-order valence-corrected chi connectivity index (χ2v) is 14.0. The molecule has 0 saturated carbocycles. The Labute approximate surface area is 301 Å². The number of hydrogen-bond acceptors (Lipinski definition) is 5. The molecule has 8 heteroatoms. The zero-order valence-electron chi connectivity index (χ0n) is 32.1. The van der Waals surface area contributed by atoms with Crippen molar-refractivity contribution in [3.63, 3.8) is 0 Å². The van der Waals surface area contributed by atoms with Crippen LogP contribution >= 0.6 is 0 Å². The van der Waals surface area contributed by atoms with E-state index in [1.807, 2.05) is 0 Å². The van der Waals surface area contributed by atoms with Crippen LogP contribution in [0.5, 0.6) is 0 Å². The van der Waals surface area contributed by atoms with Crippen LogP contribution in [-0.2, 0) is 14.4 Å². The quantitative estimate of drug-likeness (QED) is 0.0286. The minimum atomic E-state index is -1.15. The van der Waals surface area contributed by atoms with Crippen LogP contribution in [0.3, 0.4) is 0 Å². The molecule has 0 unspecified atom stereocenters. The van der Waals surface area contributed by atoms with Gasteiger partial charge >= 0.3 is 11.9 Å². The largest absolute Gasteiger partial charge is 0.480 e. The van der Waals surface area contributed by atoms with E-state index in [9.17, 15) is 14.5 Å². The van der Waals surface area contributed by atoms with Crippen LogP contribution in [0.1, 0.15) is 206 Å². The summed E-state index contributed by atoms with van der Waals surface area (Å²) in [5.74, 6) is -1.78. The molecule has 0 aromatic heterocycles. The lowest BCUT2D eigenvalue weighted by Gasteiger charge is -2.14. The van der Waals surface area contributed by atoms with Crippen molar-refractivity contribution in [3.05, 3.63) is 29.2 Å². The van der Waals surface area contributed by atoms with Gasteiger partial charge in [-0.2, -0.15) is 0 Å². The fourth-order valence-electron chi connectivity index (χ4n) is 5.86. The number of nitrogens with two attached hydrogens (primary N) is 1. The van der Waals surface area contributed by atoms with Gasteiger partial charge in [-0.25, -0.2) is 4.79 Å². The van der Waals surface area contributed by atoms with Crippen molar-refractivity contribution in [3.8, 4) is 0 Å². The number of unbranched alkanes of at least 4 members (excludes halogenated alkanes) is 24. The van der Waals surface area contributed by atoms with Crippen LogP contribution in [0, 0.1) is 4.91 Å². The third-order valence-electron chi connectivity index (χ3n) is 9.16. The second kappa shape index (κ2) is 37.0. The molecule has 0 aromatic carbocycles. The van der Waals surface area contributed by atoms with E-state index in [0.29, 0.717) is 6.54 Å². The average molecular weight is 693 g/mol. The Morgan fingerprint density at radius 3 is 1.39 bits per heavy atom. The van der Waals surface area contributed by atoms with Crippen molar-refractivity contribution in [1.82, 2.24) is 5.17 Å². The number of carbonyl (C=O) groups excluding carboxylic acids is 1. The van der Waals surface area contributed by atoms with Crippen molar-refractivity contribution in [2.45, 2.75) is 213 Å². The molecular formula is C41H78N3O5+. The van der Waals surface area contributed by atoms with Crippen molar-refractivity contribution in [2.24, 2.45) is 5.73 Å². The molecule has 3 N–H and O–H groups in total. The molecule has 0 bridgehead atoms. The van der Waals surface area contributed by atoms with Gasteiger partial charge in [0.05, 0.1) is 11.3 Å². The van der Waals surface area contributed by atoms with Gasteiger partial charge in [0.1, 0.15) is 12.6 Å². The molecule has 0 aliphatic rings. The summed E-state index contributed by atoms with van der Waals surface area (Å²) >= 11 is 0. The molecule has 0 rings (SSSR count). The van der Waals surface area contributed by atoms with Crippen LogP contribution in [0.25, 0.3) is 0 Å². The normalized spacial score (nSPS) is 12.2. The highest BCUT2D eigenvalue weighted by atomic mass is 16.8. The first-order valence-corrected chi connectivity index (χ1v) is 20.6. The lowest BCUT2D eigenvalue weighted by atomic mass is 10.1. The summed E-state index contributed by atoms with van der Waals surface area (Å²) in [7, 11) is 0. The zero-order chi connectivity index (χ0) is 36.0. The maximum Gasteiger partial charge on any atom is 0.338 e. The Balaban J connectivity index is 4.17. The maximum atomic E-state index is 12.9. The van der Waals surface area contributed by atoms with Crippen LogP contribution < -0.4 is 5.73 Å². The number of nitrogens with zero attached hydrogens (tertiary/aromatic N) is 2. The molecule has 0 saturated heterocycles. The number of hydrogen-bond donors (Lipinski definition) is 2. The van der Waals surface area contributed by atoms with Gasteiger partial charge in [0.2, 0.25) is 6.54 Å². The highest BCUT2D eigenvalue weighted by Gasteiger charge is 2.25. The first kappa shape index (κ1) is 46.8. The molecule has 286 valence electrons. The molecule has 0 spiro atoms. The molecule has 0 heterocycles. The third-order valence-corrected chi connectivity index (χ3v) is 9.16. The SMILES string of the molecule is CCCCCCCCC=CCCCCCCCCN(OC(=O)CC[C@H](N)C(=O)O)[N+](=O)CCCCCCCCC=CCCCCCCCC. The summed E-state index contributed by atoms with van der Waals surface area (Å²) in [5.41, 5.74) is 5.53. The molecule has 1 atom stereocenters. The van der Waals surface area contributed by atoms with E-state index in [-0.39, 0.29) is 19.4 Å². The highest BCUT2D eigenvalue weighted by Crippen LogP contribution is 2.13. The lowest BCUT2D eigenvalue weighted by Crippen LogP contribution is -2.38. The van der Waals surface area contributed by atoms with Crippen molar-refractivity contribution in [2.75, 3.05) is 13.1 Å². The van der Waals surface area contributed by atoms with Crippen molar-refractivity contribution >= 4 is 11.9 Å². The van der Waals surface area contributed by atoms with Gasteiger partial charge in [-0.05, 0) is 70.6 Å². The van der Waals surface area contributed by atoms with Gasteiger partial charge < -0.3 is 10.8 Å². The number of hydroxylamine groups is 1. The molecule has 0 amide bonds. The summed E-state index contributed by atoms with van der Waals surface area (Å²) in [6.07, 6.45) is 42.8. The molecule has 0 aliphatic carbocycles. The number of carboxylic acids is 1. The minimum Gasteiger partial charge on any atom is -0.480 e. The van der Waals surface area contributed by atoms with Crippen LogP contribution in [0.15, 0.2) is 24.3 Å². The predicted octanol–water partition coefficient (Wildman–Crippen LogP) is 11.7. The molecule has 8 nitrogen and oxygen atoms in total. The third kappa shape index (κ3) is 34.0. The van der Waals surface area contributed by atoms with E-state index in [4.69, 9.17) is 15.7 Å². The Kier molecular flexibility index (Phi) is 35.4. The summed E-state index contributed by atoms with van der Waals surface area (Å²) in [6.45, 7) is 5.13. The minimum absolute atomic E-state index is 0.0238. The van der Waals surface area contributed by atoms with E-state index >= 15 is 0 Å². The highest BCUT2D eigenvalue weighted by molar-refractivity contribution is 5.75. The smallest absolute Gasteiger partial charge is 0.338 e. The Morgan fingerprint density at radius 1 is 0.612 bits per heavy atom. The summed E-state index contributed by atoms with van der Waals surface area (Å²) in [5, 5.41) is 10.1. The van der Waals surface area contributed by atoms with Gasteiger partial charge in [0, 0.05) is 11.6 Å². The lowest BCUT2D eigenvalue weighted by molar-refractivity contribution is -0.768. The predicted molar refractivity (Wildman–Crippen MR) is 205 cm³/mol. The molecule has 0 radical (unpaired) electrons. The fourth-order valence-corrected chi connectivity index (χ4v) is 5.86. The van der Waals surface area contributed by atoms with E-state index < -0.39 is 18.0 Å². The molecule has 0 aliphatic heterocycles. The monoisotopic (exact) mass is 693 g/mol. The summed E-state index contributed by atoms with van der Waals surface area (Å²) in [6, 6.07) is -1.12. The number of carbonyl (C=O) groups is 2. The van der Waals surface area contributed by atoms with Gasteiger partial charge in [-0.15, -0.1) is 0 Å². The first-order valence-electron chi connectivity index (χ1n) is 20.6. The molecule has 0 aromatic rings. The number of carboxylic acid groups (broad SMARTS) is 1. The standard InChI is InChI=1S/C41H77N3O5/c1-3-5-7-9-11-13-15-17-19-21-23-25-27-29-31-33-37-43(48)44(49-40(45)36-35-39(42)41(46)47)38-34-32-30-28-26-24-22-20-18-16-14-12-10-8-6-4-2/h17-20,39H,3-16,21-38,42H2,1-2H3/p+1/t39-/m0/s1. The molecule has 0 fully saturated rings. The molecule has 49 heavy (non-hydrogen) atoms. The van der Waals surface area contributed by atoms with Crippen LogP contribution in [0.2, 0.25) is 0 Å². The van der Waals surface area contributed by atoms with Crippen molar-refractivity contribution in [1.29, 1.82) is 0 Å². The number of allylic oxidation sites excluding steroid dienone is 4. The first-order chi connectivity index (χ1) is 23.9. The van der Waals surface area contributed by atoms with Gasteiger partial charge in [0.15, 0.2) is 4.87 Å². The summed E-state index contributed by atoms with van der Waals surface area (Å²) < 4.78 is 0. The Morgan fingerprint density at radius 2 is 0.980 bits per heavy atom.